The highest BCUT2D eigenvalue weighted by atomic mass is 35.5. The van der Waals surface area contributed by atoms with Crippen LogP contribution < -0.4 is 11.5 Å². The van der Waals surface area contributed by atoms with Crippen molar-refractivity contribution in [3.63, 3.8) is 0 Å². The zero-order valence-electron chi connectivity index (χ0n) is 9.83. The standard InChI is InChI=1S/C13H21ClN2/c1-2-3-8-13(16)11(9-15)10-6-4-5-7-12(10)14/h4-7,11,13H,2-3,8-9,15-16H2,1H3. The number of rotatable bonds is 6. The summed E-state index contributed by atoms with van der Waals surface area (Å²) in [6.45, 7) is 2.72. The summed E-state index contributed by atoms with van der Waals surface area (Å²) in [6.07, 6.45) is 3.30. The van der Waals surface area contributed by atoms with E-state index >= 15 is 0 Å². The van der Waals surface area contributed by atoms with E-state index in [1.807, 2.05) is 24.3 Å². The van der Waals surface area contributed by atoms with Gasteiger partial charge >= 0.3 is 0 Å². The number of nitrogens with two attached hydrogens (primary N) is 2. The molecule has 1 aromatic carbocycles. The van der Waals surface area contributed by atoms with Crippen LogP contribution in [0.3, 0.4) is 0 Å². The predicted molar refractivity (Wildman–Crippen MR) is 70.7 cm³/mol. The van der Waals surface area contributed by atoms with E-state index in [0.717, 1.165) is 29.8 Å². The summed E-state index contributed by atoms with van der Waals surface area (Å²) < 4.78 is 0. The molecule has 2 atom stereocenters. The van der Waals surface area contributed by atoms with E-state index in [9.17, 15) is 0 Å². The lowest BCUT2D eigenvalue weighted by Crippen LogP contribution is -2.33. The molecule has 0 aliphatic heterocycles. The third kappa shape index (κ3) is 3.48. The van der Waals surface area contributed by atoms with Crippen molar-refractivity contribution < 1.29 is 0 Å². The molecule has 4 N–H and O–H groups in total. The maximum absolute atomic E-state index is 6.18. The first-order valence-electron chi connectivity index (χ1n) is 5.90. The molecule has 0 spiro atoms. The van der Waals surface area contributed by atoms with Crippen molar-refractivity contribution in [2.45, 2.75) is 38.1 Å². The van der Waals surface area contributed by atoms with Gasteiger partial charge in [-0.2, -0.15) is 0 Å². The highest BCUT2D eigenvalue weighted by Gasteiger charge is 2.19. The average Bonchev–Trinajstić information content (AvgIpc) is 2.30. The number of unbranched alkanes of at least 4 members (excludes halogenated alkanes) is 1. The first-order valence-corrected chi connectivity index (χ1v) is 6.28. The summed E-state index contributed by atoms with van der Waals surface area (Å²) in [5, 5.41) is 0.768. The molecule has 0 amide bonds. The van der Waals surface area contributed by atoms with Gasteiger partial charge in [0.25, 0.3) is 0 Å². The molecule has 2 nitrogen and oxygen atoms in total. The first-order chi connectivity index (χ1) is 7.70. The van der Waals surface area contributed by atoms with Crippen molar-refractivity contribution >= 4 is 11.6 Å². The second-order valence-corrected chi connectivity index (χ2v) is 4.58. The molecule has 0 fully saturated rings. The van der Waals surface area contributed by atoms with Crippen LogP contribution in [-0.2, 0) is 0 Å². The fourth-order valence-corrected chi connectivity index (χ4v) is 2.23. The van der Waals surface area contributed by atoms with Gasteiger partial charge in [-0.25, -0.2) is 0 Å². The first kappa shape index (κ1) is 13.5. The van der Waals surface area contributed by atoms with Crippen LogP contribution in [0.4, 0.5) is 0 Å². The molecule has 0 aliphatic carbocycles. The Morgan fingerprint density at radius 2 is 2.00 bits per heavy atom. The number of halogens is 1. The minimum absolute atomic E-state index is 0.102. The van der Waals surface area contributed by atoms with E-state index in [2.05, 4.69) is 6.92 Å². The summed E-state index contributed by atoms with van der Waals surface area (Å²) in [5.74, 6) is 0.167. The molecule has 0 heterocycles. The van der Waals surface area contributed by atoms with Crippen molar-refractivity contribution in [3.05, 3.63) is 34.9 Å². The molecular formula is C13H21ClN2. The molecule has 2 unspecified atom stereocenters. The fourth-order valence-electron chi connectivity index (χ4n) is 1.95. The second-order valence-electron chi connectivity index (χ2n) is 4.17. The molecular weight excluding hydrogens is 220 g/mol. The van der Waals surface area contributed by atoms with Crippen LogP contribution >= 0.6 is 11.6 Å². The van der Waals surface area contributed by atoms with Gasteiger partial charge in [0.15, 0.2) is 0 Å². The molecule has 0 aromatic heterocycles. The Bertz CT molecular complexity index is 315. The van der Waals surface area contributed by atoms with Gasteiger partial charge in [0.2, 0.25) is 0 Å². The molecule has 0 saturated carbocycles. The number of benzene rings is 1. The van der Waals surface area contributed by atoms with Crippen LogP contribution in [0.1, 0.15) is 37.7 Å². The third-order valence-electron chi connectivity index (χ3n) is 2.97. The monoisotopic (exact) mass is 240 g/mol. The summed E-state index contributed by atoms with van der Waals surface area (Å²) >= 11 is 6.16. The zero-order valence-corrected chi connectivity index (χ0v) is 10.6. The highest BCUT2D eigenvalue weighted by molar-refractivity contribution is 6.31. The molecule has 0 aliphatic rings. The molecule has 3 heteroatoms. The molecule has 1 rings (SSSR count). The van der Waals surface area contributed by atoms with Gasteiger partial charge in [0, 0.05) is 23.5 Å². The minimum atomic E-state index is 0.102. The summed E-state index contributed by atoms with van der Waals surface area (Å²) in [5.41, 5.74) is 13.1. The molecule has 0 bridgehead atoms. The lowest BCUT2D eigenvalue weighted by Gasteiger charge is -2.23. The van der Waals surface area contributed by atoms with E-state index in [1.165, 1.54) is 0 Å². The van der Waals surface area contributed by atoms with E-state index in [4.69, 9.17) is 23.1 Å². The number of hydrogen-bond acceptors (Lipinski definition) is 2. The van der Waals surface area contributed by atoms with Crippen LogP contribution in [0.25, 0.3) is 0 Å². The van der Waals surface area contributed by atoms with Crippen LogP contribution in [0.5, 0.6) is 0 Å². The van der Waals surface area contributed by atoms with E-state index in [1.54, 1.807) is 0 Å². The van der Waals surface area contributed by atoms with E-state index in [0.29, 0.717) is 6.54 Å². The van der Waals surface area contributed by atoms with Gasteiger partial charge < -0.3 is 11.5 Å². The smallest absolute Gasteiger partial charge is 0.0441 e. The Hall–Kier alpha value is -0.570. The van der Waals surface area contributed by atoms with Crippen molar-refractivity contribution in [1.29, 1.82) is 0 Å². The van der Waals surface area contributed by atoms with Crippen molar-refractivity contribution in [3.8, 4) is 0 Å². The summed E-state index contributed by atoms with van der Waals surface area (Å²) in [6, 6.07) is 7.93. The van der Waals surface area contributed by atoms with Gasteiger partial charge in [0.1, 0.15) is 0 Å². The maximum atomic E-state index is 6.18. The van der Waals surface area contributed by atoms with Gasteiger partial charge in [-0.1, -0.05) is 49.6 Å². The topological polar surface area (TPSA) is 52.0 Å². The average molecular weight is 241 g/mol. The Labute approximate surface area is 103 Å². The largest absolute Gasteiger partial charge is 0.330 e. The second kappa shape index (κ2) is 6.89. The van der Waals surface area contributed by atoms with Crippen LogP contribution in [0, 0.1) is 0 Å². The molecule has 0 radical (unpaired) electrons. The van der Waals surface area contributed by atoms with Gasteiger partial charge in [-0.15, -0.1) is 0 Å². The fraction of sp³-hybridized carbons (Fsp3) is 0.538. The van der Waals surface area contributed by atoms with Crippen LogP contribution in [0.15, 0.2) is 24.3 Å². The van der Waals surface area contributed by atoms with E-state index in [-0.39, 0.29) is 12.0 Å². The van der Waals surface area contributed by atoms with Crippen molar-refractivity contribution in [2.75, 3.05) is 6.54 Å². The predicted octanol–water partition coefficient (Wildman–Crippen LogP) is 2.90. The quantitative estimate of drug-likeness (QED) is 0.804. The Morgan fingerprint density at radius 3 is 2.56 bits per heavy atom. The third-order valence-corrected chi connectivity index (χ3v) is 3.31. The van der Waals surface area contributed by atoms with E-state index < -0.39 is 0 Å². The SMILES string of the molecule is CCCCC(N)C(CN)c1ccccc1Cl. The molecule has 0 saturated heterocycles. The van der Waals surface area contributed by atoms with Crippen LogP contribution in [0.2, 0.25) is 5.02 Å². The molecule has 90 valence electrons. The lowest BCUT2D eigenvalue weighted by atomic mass is 9.89. The normalized spacial score (nSPS) is 14.8. The highest BCUT2D eigenvalue weighted by Crippen LogP contribution is 2.27. The maximum Gasteiger partial charge on any atom is 0.0441 e. The lowest BCUT2D eigenvalue weighted by molar-refractivity contribution is 0.488. The summed E-state index contributed by atoms with van der Waals surface area (Å²) in [7, 11) is 0. The molecule has 1 aromatic rings. The summed E-state index contributed by atoms with van der Waals surface area (Å²) in [4.78, 5) is 0. The van der Waals surface area contributed by atoms with Gasteiger partial charge in [-0.3, -0.25) is 0 Å². The molecule has 16 heavy (non-hydrogen) atoms. The van der Waals surface area contributed by atoms with Gasteiger partial charge in [0.05, 0.1) is 0 Å². The minimum Gasteiger partial charge on any atom is -0.330 e. The Balaban J connectivity index is 2.77. The van der Waals surface area contributed by atoms with Gasteiger partial charge in [-0.05, 0) is 18.1 Å². The zero-order chi connectivity index (χ0) is 12.0. The number of hydrogen-bond donors (Lipinski definition) is 2. The van der Waals surface area contributed by atoms with Crippen molar-refractivity contribution in [2.24, 2.45) is 11.5 Å². The van der Waals surface area contributed by atoms with Crippen LogP contribution in [-0.4, -0.2) is 12.6 Å². The Morgan fingerprint density at radius 1 is 1.31 bits per heavy atom. The van der Waals surface area contributed by atoms with Crippen molar-refractivity contribution in [1.82, 2.24) is 0 Å². The Kier molecular flexibility index (Phi) is 5.81.